The molecule has 0 bridgehead atoms. The van der Waals surface area contributed by atoms with Gasteiger partial charge in [0.25, 0.3) is 0 Å². The molecule has 30 heavy (non-hydrogen) atoms. The third kappa shape index (κ3) is 5.48. The number of hydrogen-bond donors (Lipinski definition) is 1. The van der Waals surface area contributed by atoms with E-state index in [9.17, 15) is 21.6 Å². The van der Waals surface area contributed by atoms with Crippen LogP contribution in [0.3, 0.4) is 0 Å². The van der Waals surface area contributed by atoms with Crippen LogP contribution in [-0.4, -0.2) is 56.9 Å². The van der Waals surface area contributed by atoms with Gasteiger partial charge in [0.2, 0.25) is 21.9 Å². The van der Waals surface area contributed by atoms with Gasteiger partial charge in [-0.25, -0.2) is 13.1 Å². The summed E-state index contributed by atoms with van der Waals surface area (Å²) in [5.41, 5.74) is 0. The first kappa shape index (κ1) is 22.0. The molecule has 0 atom stereocenters. The zero-order chi connectivity index (χ0) is 21.9. The third-order valence-corrected chi connectivity index (χ3v) is 5.67. The normalized spacial score (nSPS) is 14.8. The van der Waals surface area contributed by atoms with Crippen molar-refractivity contribution in [3.8, 4) is 5.75 Å². The quantitative estimate of drug-likeness (QED) is 0.689. The molecule has 164 valence electrons. The van der Waals surface area contributed by atoms with Crippen LogP contribution in [0.4, 0.5) is 25.1 Å². The molecular formula is C17H21F3N6O3S. The zero-order valence-electron chi connectivity index (χ0n) is 16.3. The van der Waals surface area contributed by atoms with Crippen molar-refractivity contribution in [1.29, 1.82) is 0 Å². The molecule has 0 unspecified atom stereocenters. The number of nitrogens with one attached hydrogen (secondary N) is 1. The second-order valence-electron chi connectivity index (χ2n) is 6.76. The molecule has 2 aromatic rings. The molecule has 0 aliphatic carbocycles. The second-order valence-corrected chi connectivity index (χ2v) is 8.49. The molecule has 9 nitrogen and oxygen atoms in total. The molecule has 1 aliphatic rings. The van der Waals surface area contributed by atoms with Crippen LogP contribution in [-0.2, 0) is 16.6 Å². The number of nitrogens with zero attached hydrogens (tertiary/aromatic N) is 5. The molecule has 0 saturated carbocycles. The van der Waals surface area contributed by atoms with Crippen LogP contribution < -0.4 is 19.3 Å². The summed E-state index contributed by atoms with van der Waals surface area (Å²) in [4.78, 5) is 15.9. The molecule has 1 saturated heterocycles. The number of benzene rings is 1. The first-order chi connectivity index (χ1) is 14.0. The summed E-state index contributed by atoms with van der Waals surface area (Å²) in [6.07, 6.45) is -3.02. The van der Waals surface area contributed by atoms with Crippen molar-refractivity contribution in [2.45, 2.75) is 30.6 Å². The average molecular weight is 446 g/mol. The molecule has 3 rings (SSSR count). The van der Waals surface area contributed by atoms with Gasteiger partial charge in [0.1, 0.15) is 10.6 Å². The van der Waals surface area contributed by atoms with Gasteiger partial charge in [-0.15, -0.1) is 13.2 Å². The van der Waals surface area contributed by atoms with Gasteiger partial charge < -0.3 is 14.5 Å². The number of halogens is 3. The van der Waals surface area contributed by atoms with E-state index in [0.29, 0.717) is 11.9 Å². The van der Waals surface area contributed by atoms with Gasteiger partial charge in [-0.1, -0.05) is 12.1 Å². The lowest BCUT2D eigenvalue weighted by atomic mass is 10.3. The Hall–Kier alpha value is -2.67. The van der Waals surface area contributed by atoms with E-state index in [2.05, 4.69) is 24.4 Å². The third-order valence-electron chi connectivity index (χ3n) is 4.23. The number of ether oxygens (including phenoxy) is 1. The highest BCUT2D eigenvalue weighted by atomic mass is 32.2. The highest BCUT2D eigenvalue weighted by Crippen LogP contribution is 2.29. The van der Waals surface area contributed by atoms with E-state index in [1.165, 1.54) is 12.1 Å². The lowest BCUT2D eigenvalue weighted by Gasteiger charge is -2.19. The van der Waals surface area contributed by atoms with Crippen LogP contribution in [0.1, 0.15) is 18.7 Å². The van der Waals surface area contributed by atoms with Crippen molar-refractivity contribution in [1.82, 2.24) is 19.7 Å². The minimum absolute atomic E-state index is 0.147. The van der Waals surface area contributed by atoms with Gasteiger partial charge in [-0.2, -0.15) is 15.0 Å². The van der Waals surface area contributed by atoms with Crippen molar-refractivity contribution in [2.24, 2.45) is 0 Å². The Balaban J connectivity index is 1.84. The number of hydrogen-bond acceptors (Lipinski definition) is 8. The molecular weight excluding hydrogens is 425 g/mol. The van der Waals surface area contributed by atoms with Crippen molar-refractivity contribution in [3.05, 3.63) is 30.1 Å². The molecule has 0 amide bonds. The first-order valence-electron chi connectivity index (χ1n) is 9.07. The monoisotopic (exact) mass is 446 g/mol. The lowest BCUT2D eigenvalue weighted by molar-refractivity contribution is -0.275. The van der Waals surface area contributed by atoms with Crippen molar-refractivity contribution >= 4 is 21.9 Å². The molecule has 0 spiro atoms. The summed E-state index contributed by atoms with van der Waals surface area (Å²) in [5.74, 6) is 0.108. The number of alkyl halides is 3. The van der Waals surface area contributed by atoms with Gasteiger partial charge in [-0.3, -0.25) is 0 Å². The standard InChI is InChI=1S/C17H21F3N6O3S/c1-25(2)15-22-14(23-16(24-15)26-9-5-6-10-26)11-21-30(27,28)13-8-4-3-7-12(13)29-17(18,19)20/h3-4,7-8,21H,5-6,9-11H2,1-2H3. The lowest BCUT2D eigenvalue weighted by Crippen LogP contribution is -2.28. The fraction of sp³-hybridized carbons (Fsp3) is 0.471. The predicted molar refractivity (Wildman–Crippen MR) is 103 cm³/mol. The van der Waals surface area contributed by atoms with Gasteiger partial charge in [0, 0.05) is 27.2 Å². The molecule has 2 heterocycles. The molecule has 1 aliphatic heterocycles. The Bertz CT molecular complexity index is 994. The molecule has 1 aromatic heterocycles. The van der Waals surface area contributed by atoms with Crippen LogP contribution >= 0.6 is 0 Å². The Morgan fingerprint density at radius 1 is 1.13 bits per heavy atom. The number of anilines is 2. The van der Waals surface area contributed by atoms with Gasteiger partial charge in [-0.05, 0) is 25.0 Å². The molecule has 13 heteroatoms. The summed E-state index contributed by atoms with van der Waals surface area (Å²) in [6.45, 7) is 1.24. The van der Waals surface area contributed by atoms with Gasteiger partial charge >= 0.3 is 6.36 Å². The smallest absolute Gasteiger partial charge is 0.404 e. The van der Waals surface area contributed by atoms with Crippen molar-refractivity contribution < 1.29 is 26.3 Å². The van der Waals surface area contributed by atoms with Crippen molar-refractivity contribution in [3.63, 3.8) is 0 Å². The SMILES string of the molecule is CN(C)c1nc(CNS(=O)(=O)c2ccccc2OC(F)(F)F)nc(N2CCCC2)n1. The van der Waals surface area contributed by atoms with Crippen LogP contribution in [0, 0.1) is 0 Å². The highest BCUT2D eigenvalue weighted by Gasteiger charge is 2.34. The zero-order valence-corrected chi connectivity index (χ0v) is 17.2. The van der Waals surface area contributed by atoms with E-state index in [4.69, 9.17) is 0 Å². The van der Waals surface area contributed by atoms with Crippen LogP contribution in [0.2, 0.25) is 0 Å². The van der Waals surface area contributed by atoms with Gasteiger partial charge in [0.15, 0.2) is 5.82 Å². The minimum atomic E-state index is -5.02. The van der Waals surface area contributed by atoms with Crippen LogP contribution in [0.25, 0.3) is 0 Å². The number of sulfonamides is 1. The highest BCUT2D eigenvalue weighted by molar-refractivity contribution is 7.89. The minimum Gasteiger partial charge on any atom is -0.404 e. The summed E-state index contributed by atoms with van der Waals surface area (Å²) >= 11 is 0. The maximum Gasteiger partial charge on any atom is 0.573 e. The molecule has 1 aromatic carbocycles. The summed E-state index contributed by atoms with van der Waals surface area (Å²) in [6, 6.07) is 4.51. The first-order valence-corrected chi connectivity index (χ1v) is 10.6. The molecule has 1 N–H and O–H groups in total. The Kier molecular flexibility index (Phi) is 6.31. The number of aromatic nitrogens is 3. The fourth-order valence-corrected chi connectivity index (χ4v) is 3.96. The van der Waals surface area contributed by atoms with Crippen LogP contribution in [0.15, 0.2) is 29.2 Å². The molecule has 0 radical (unpaired) electrons. The van der Waals surface area contributed by atoms with Crippen molar-refractivity contribution in [2.75, 3.05) is 37.0 Å². The average Bonchev–Trinajstić information content (AvgIpc) is 3.20. The van der Waals surface area contributed by atoms with Gasteiger partial charge in [0.05, 0.1) is 6.54 Å². The maximum atomic E-state index is 12.6. The second kappa shape index (κ2) is 8.60. The van der Waals surface area contributed by atoms with E-state index in [0.717, 1.165) is 38.1 Å². The van der Waals surface area contributed by atoms with Crippen LogP contribution in [0.5, 0.6) is 5.75 Å². The Labute approximate surface area is 172 Å². The predicted octanol–water partition coefficient (Wildman–Crippen LogP) is 1.91. The number of rotatable bonds is 7. The fourth-order valence-electron chi connectivity index (χ4n) is 2.85. The topological polar surface area (TPSA) is 101 Å². The summed E-state index contributed by atoms with van der Waals surface area (Å²) in [5, 5.41) is 0. The van der Waals surface area contributed by atoms with E-state index < -0.39 is 27.0 Å². The van der Waals surface area contributed by atoms with E-state index in [-0.39, 0.29) is 12.4 Å². The largest absolute Gasteiger partial charge is 0.573 e. The maximum absolute atomic E-state index is 12.6. The summed E-state index contributed by atoms with van der Waals surface area (Å²) in [7, 11) is -0.853. The Morgan fingerprint density at radius 2 is 1.80 bits per heavy atom. The Morgan fingerprint density at radius 3 is 2.43 bits per heavy atom. The summed E-state index contributed by atoms with van der Waals surface area (Å²) < 4.78 is 69.1. The van der Waals surface area contributed by atoms with E-state index in [1.54, 1.807) is 19.0 Å². The number of para-hydroxylation sites is 1. The van der Waals surface area contributed by atoms with E-state index >= 15 is 0 Å². The molecule has 1 fully saturated rings. The van der Waals surface area contributed by atoms with E-state index in [1.807, 2.05) is 4.90 Å².